The highest BCUT2D eigenvalue weighted by molar-refractivity contribution is 6.39. The minimum absolute atomic E-state index is 0.286. The number of hydrogen-bond acceptors (Lipinski definition) is 3. The zero-order valence-corrected chi connectivity index (χ0v) is 12.2. The average Bonchev–Trinajstić information content (AvgIpc) is 2.41. The molecule has 2 amide bonds. The number of hydrogen-bond donors (Lipinski definition) is 3. The molecular weight excluding hydrogens is 256 g/mol. The van der Waals surface area contributed by atoms with Crippen molar-refractivity contribution < 1.29 is 14.7 Å². The Balaban J connectivity index is 2.47. The first-order valence-corrected chi connectivity index (χ1v) is 6.78. The highest BCUT2D eigenvalue weighted by Gasteiger charge is 2.14. The van der Waals surface area contributed by atoms with Gasteiger partial charge < -0.3 is 15.7 Å². The summed E-state index contributed by atoms with van der Waals surface area (Å²) in [6.45, 7) is 5.98. The maximum atomic E-state index is 11.7. The van der Waals surface area contributed by atoms with Crippen LogP contribution in [0.25, 0.3) is 0 Å². The molecule has 0 aliphatic rings. The van der Waals surface area contributed by atoms with E-state index >= 15 is 0 Å². The van der Waals surface area contributed by atoms with Crippen LogP contribution in [0.1, 0.15) is 30.9 Å². The fourth-order valence-electron chi connectivity index (χ4n) is 1.77. The molecule has 0 saturated carbocycles. The number of carbonyl (C=O) groups is 2. The maximum Gasteiger partial charge on any atom is 0.313 e. The number of rotatable bonds is 5. The quantitative estimate of drug-likeness (QED) is 0.715. The molecule has 5 nitrogen and oxygen atoms in total. The third kappa shape index (κ3) is 5.01. The molecule has 1 aromatic carbocycles. The van der Waals surface area contributed by atoms with E-state index in [0.717, 1.165) is 11.1 Å². The lowest BCUT2D eigenvalue weighted by atomic mass is 10.1. The van der Waals surface area contributed by atoms with Crippen LogP contribution in [0.4, 0.5) is 5.69 Å². The van der Waals surface area contributed by atoms with Gasteiger partial charge in [0, 0.05) is 12.2 Å². The van der Waals surface area contributed by atoms with E-state index in [1.807, 2.05) is 32.9 Å². The van der Waals surface area contributed by atoms with Crippen LogP contribution in [0.2, 0.25) is 0 Å². The molecule has 0 saturated heterocycles. The van der Waals surface area contributed by atoms with Gasteiger partial charge in [-0.3, -0.25) is 9.59 Å². The standard InChI is InChI=1S/C15H22N2O3/c1-4-12(18)7-8-16-14(19)15(20)17-13-6-5-10(2)9-11(13)3/h5-6,9,12,18H,4,7-8H2,1-3H3,(H,16,19)(H,17,20). The second-order valence-corrected chi connectivity index (χ2v) is 4.88. The predicted octanol–water partition coefficient (Wildman–Crippen LogP) is 1.52. The van der Waals surface area contributed by atoms with Crippen molar-refractivity contribution in [2.75, 3.05) is 11.9 Å². The van der Waals surface area contributed by atoms with Gasteiger partial charge in [-0.25, -0.2) is 0 Å². The highest BCUT2D eigenvalue weighted by Crippen LogP contribution is 2.15. The van der Waals surface area contributed by atoms with Crippen LogP contribution < -0.4 is 10.6 Å². The van der Waals surface area contributed by atoms with E-state index in [9.17, 15) is 14.7 Å². The summed E-state index contributed by atoms with van der Waals surface area (Å²) >= 11 is 0. The zero-order valence-electron chi connectivity index (χ0n) is 12.2. The molecule has 20 heavy (non-hydrogen) atoms. The second-order valence-electron chi connectivity index (χ2n) is 4.88. The van der Waals surface area contributed by atoms with E-state index < -0.39 is 17.9 Å². The lowest BCUT2D eigenvalue weighted by Gasteiger charge is -2.10. The van der Waals surface area contributed by atoms with Gasteiger partial charge in [-0.05, 0) is 38.3 Å². The Labute approximate surface area is 119 Å². The molecule has 0 heterocycles. The maximum absolute atomic E-state index is 11.7. The normalized spacial score (nSPS) is 11.8. The van der Waals surface area contributed by atoms with Gasteiger partial charge in [-0.1, -0.05) is 24.6 Å². The molecule has 5 heteroatoms. The Hall–Kier alpha value is -1.88. The Morgan fingerprint density at radius 2 is 1.95 bits per heavy atom. The van der Waals surface area contributed by atoms with Gasteiger partial charge >= 0.3 is 11.8 Å². The van der Waals surface area contributed by atoms with Crippen molar-refractivity contribution >= 4 is 17.5 Å². The van der Waals surface area contributed by atoms with Crippen molar-refractivity contribution in [2.45, 2.75) is 39.7 Å². The van der Waals surface area contributed by atoms with E-state index in [2.05, 4.69) is 10.6 Å². The first-order chi connectivity index (χ1) is 9.43. The lowest BCUT2D eigenvalue weighted by Crippen LogP contribution is -2.36. The summed E-state index contributed by atoms with van der Waals surface area (Å²) in [5.74, 6) is -1.38. The predicted molar refractivity (Wildman–Crippen MR) is 78.5 cm³/mol. The van der Waals surface area contributed by atoms with Crippen molar-refractivity contribution in [3.8, 4) is 0 Å². The average molecular weight is 278 g/mol. The minimum Gasteiger partial charge on any atom is -0.393 e. The Morgan fingerprint density at radius 1 is 1.25 bits per heavy atom. The summed E-state index contributed by atoms with van der Waals surface area (Å²) in [6, 6.07) is 5.58. The Kier molecular flexibility index (Phi) is 6.18. The van der Waals surface area contributed by atoms with Gasteiger partial charge in [0.1, 0.15) is 0 Å². The van der Waals surface area contributed by atoms with E-state index in [1.54, 1.807) is 6.07 Å². The molecule has 0 radical (unpaired) electrons. The van der Waals surface area contributed by atoms with Gasteiger partial charge in [-0.15, -0.1) is 0 Å². The van der Waals surface area contributed by atoms with Gasteiger partial charge in [0.15, 0.2) is 0 Å². The Bertz CT molecular complexity index is 486. The molecule has 0 spiro atoms. The molecular formula is C15H22N2O3. The number of benzene rings is 1. The first-order valence-electron chi connectivity index (χ1n) is 6.78. The van der Waals surface area contributed by atoms with Crippen LogP contribution in [0.5, 0.6) is 0 Å². The largest absolute Gasteiger partial charge is 0.393 e. The minimum atomic E-state index is -0.692. The molecule has 110 valence electrons. The number of nitrogens with one attached hydrogen (secondary N) is 2. The summed E-state index contributed by atoms with van der Waals surface area (Å²) in [6.07, 6.45) is 0.627. The Morgan fingerprint density at radius 3 is 2.55 bits per heavy atom. The van der Waals surface area contributed by atoms with Gasteiger partial charge in [0.05, 0.1) is 6.10 Å². The van der Waals surface area contributed by atoms with Crippen LogP contribution >= 0.6 is 0 Å². The summed E-state index contributed by atoms with van der Waals surface area (Å²) in [5.41, 5.74) is 2.63. The molecule has 0 fully saturated rings. The van der Waals surface area contributed by atoms with E-state index in [0.29, 0.717) is 18.5 Å². The molecule has 3 N–H and O–H groups in total. The van der Waals surface area contributed by atoms with Crippen LogP contribution in [0.3, 0.4) is 0 Å². The molecule has 1 aromatic rings. The first kappa shape index (κ1) is 16.2. The van der Waals surface area contributed by atoms with Crippen LogP contribution in [0.15, 0.2) is 18.2 Å². The molecule has 0 aromatic heterocycles. The monoisotopic (exact) mass is 278 g/mol. The number of aryl methyl sites for hydroxylation is 2. The van der Waals surface area contributed by atoms with E-state index in [1.165, 1.54) is 0 Å². The number of amides is 2. The summed E-state index contributed by atoms with van der Waals surface area (Å²) in [5, 5.41) is 14.4. The summed E-state index contributed by atoms with van der Waals surface area (Å²) in [7, 11) is 0. The van der Waals surface area contributed by atoms with Crippen LogP contribution in [-0.4, -0.2) is 29.6 Å². The molecule has 0 aliphatic heterocycles. The molecule has 1 unspecified atom stereocenters. The third-order valence-corrected chi connectivity index (χ3v) is 3.07. The summed E-state index contributed by atoms with van der Waals surface area (Å²) < 4.78 is 0. The van der Waals surface area contributed by atoms with Gasteiger partial charge in [0.25, 0.3) is 0 Å². The van der Waals surface area contributed by atoms with Crippen molar-refractivity contribution in [3.05, 3.63) is 29.3 Å². The second kappa shape index (κ2) is 7.65. The van der Waals surface area contributed by atoms with Crippen molar-refractivity contribution in [1.29, 1.82) is 0 Å². The van der Waals surface area contributed by atoms with Crippen molar-refractivity contribution in [2.24, 2.45) is 0 Å². The summed E-state index contributed by atoms with van der Waals surface area (Å²) in [4.78, 5) is 23.3. The molecule has 0 aliphatic carbocycles. The number of aliphatic hydroxyl groups excluding tert-OH is 1. The van der Waals surface area contributed by atoms with Crippen molar-refractivity contribution in [3.63, 3.8) is 0 Å². The number of aliphatic hydroxyl groups is 1. The smallest absolute Gasteiger partial charge is 0.313 e. The third-order valence-electron chi connectivity index (χ3n) is 3.07. The lowest BCUT2D eigenvalue weighted by molar-refractivity contribution is -0.136. The zero-order chi connectivity index (χ0) is 15.1. The van der Waals surface area contributed by atoms with Crippen molar-refractivity contribution in [1.82, 2.24) is 5.32 Å². The van der Waals surface area contributed by atoms with E-state index in [4.69, 9.17) is 0 Å². The highest BCUT2D eigenvalue weighted by atomic mass is 16.3. The van der Waals surface area contributed by atoms with E-state index in [-0.39, 0.29) is 6.54 Å². The van der Waals surface area contributed by atoms with Gasteiger partial charge in [-0.2, -0.15) is 0 Å². The molecule has 1 rings (SSSR count). The molecule has 0 bridgehead atoms. The number of anilines is 1. The van der Waals surface area contributed by atoms with Crippen LogP contribution in [-0.2, 0) is 9.59 Å². The molecule has 1 atom stereocenters. The fourth-order valence-corrected chi connectivity index (χ4v) is 1.77. The fraction of sp³-hybridized carbons (Fsp3) is 0.467. The topological polar surface area (TPSA) is 78.4 Å². The van der Waals surface area contributed by atoms with Crippen LogP contribution in [0, 0.1) is 13.8 Å². The SMILES string of the molecule is CCC(O)CCNC(=O)C(=O)Nc1ccc(C)cc1C. The number of carbonyl (C=O) groups excluding carboxylic acids is 2. The van der Waals surface area contributed by atoms with Gasteiger partial charge in [0.2, 0.25) is 0 Å².